The molecule has 1 aromatic heterocycles. The number of fused-ring (bicyclic) bond motifs is 1. The first-order valence-corrected chi connectivity index (χ1v) is 9.46. The van der Waals surface area contributed by atoms with E-state index in [-0.39, 0.29) is 29.4 Å². The molecule has 0 radical (unpaired) electrons. The van der Waals surface area contributed by atoms with Crippen molar-refractivity contribution in [2.45, 2.75) is 25.8 Å². The van der Waals surface area contributed by atoms with E-state index < -0.39 is 22.6 Å². The number of oxime groups is 1. The number of carbonyl (C=O) groups is 1. The van der Waals surface area contributed by atoms with Gasteiger partial charge in [-0.05, 0) is 25.0 Å². The van der Waals surface area contributed by atoms with Crippen LogP contribution in [0.1, 0.15) is 36.2 Å². The van der Waals surface area contributed by atoms with E-state index in [1.54, 1.807) is 10.6 Å². The van der Waals surface area contributed by atoms with Gasteiger partial charge in [-0.2, -0.15) is 0 Å². The van der Waals surface area contributed by atoms with Gasteiger partial charge >= 0.3 is 5.97 Å². The van der Waals surface area contributed by atoms with Crippen molar-refractivity contribution in [2.24, 2.45) is 16.3 Å². The SMILES string of the molecule is CO/N=C1\CN(c2cc3c(cc2F)c(=O)c(C(=O)O)cn3C2CC2)CC1(C)CN.Cl. The quantitative estimate of drug-likeness (QED) is 0.693. The van der Waals surface area contributed by atoms with Crippen molar-refractivity contribution in [1.82, 2.24) is 4.57 Å². The number of rotatable bonds is 5. The Morgan fingerprint density at radius 3 is 2.70 bits per heavy atom. The number of pyridine rings is 1. The van der Waals surface area contributed by atoms with Gasteiger partial charge in [-0.1, -0.05) is 12.1 Å². The van der Waals surface area contributed by atoms with Crippen LogP contribution in [-0.4, -0.2) is 48.1 Å². The van der Waals surface area contributed by atoms with E-state index in [0.717, 1.165) is 24.6 Å². The molecule has 3 N–H and O–H groups in total. The fourth-order valence-corrected chi connectivity index (χ4v) is 3.95. The second-order valence-electron chi connectivity index (χ2n) is 7.98. The number of halogens is 2. The highest BCUT2D eigenvalue weighted by Gasteiger charge is 2.41. The minimum atomic E-state index is -1.31. The molecule has 0 amide bonds. The van der Waals surface area contributed by atoms with Crippen LogP contribution >= 0.6 is 12.4 Å². The zero-order valence-electron chi connectivity index (χ0n) is 16.7. The summed E-state index contributed by atoms with van der Waals surface area (Å²) in [6.07, 6.45) is 3.16. The maximum Gasteiger partial charge on any atom is 0.341 e. The summed E-state index contributed by atoms with van der Waals surface area (Å²) in [4.78, 5) is 30.8. The molecule has 0 bridgehead atoms. The van der Waals surface area contributed by atoms with Gasteiger partial charge in [0.05, 0.1) is 23.5 Å². The largest absolute Gasteiger partial charge is 0.477 e. The highest BCUT2D eigenvalue weighted by atomic mass is 35.5. The molecule has 0 spiro atoms. The van der Waals surface area contributed by atoms with Crippen LogP contribution in [0.5, 0.6) is 0 Å². The number of aromatic carboxylic acids is 1. The molecule has 1 saturated carbocycles. The highest BCUT2D eigenvalue weighted by Crippen LogP contribution is 2.39. The van der Waals surface area contributed by atoms with Crippen molar-refractivity contribution >= 4 is 40.7 Å². The Bertz CT molecular complexity index is 1100. The van der Waals surface area contributed by atoms with E-state index in [1.807, 2.05) is 11.8 Å². The molecule has 8 nitrogen and oxygen atoms in total. The first-order valence-electron chi connectivity index (χ1n) is 9.46. The molecule has 1 aromatic carbocycles. The zero-order chi connectivity index (χ0) is 20.9. The molecule has 2 fully saturated rings. The Kier molecular flexibility index (Phi) is 5.79. The molecule has 162 valence electrons. The van der Waals surface area contributed by atoms with Crippen LogP contribution in [0.25, 0.3) is 10.9 Å². The summed E-state index contributed by atoms with van der Waals surface area (Å²) in [6.45, 7) is 3.08. The van der Waals surface area contributed by atoms with E-state index in [9.17, 15) is 14.7 Å². The monoisotopic (exact) mass is 438 g/mol. The normalized spacial score (nSPS) is 22.4. The molecule has 2 aromatic rings. The number of hydrogen-bond acceptors (Lipinski definition) is 6. The van der Waals surface area contributed by atoms with Crippen molar-refractivity contribution in [3.05, 3.63) is 39.9 Å². The van der Waals surface area contributed by atoms with E-state index in [1.165, 1.54) is 13.3 Å². The third-order valence-electron chi connectivity index (χ3n) is 5.84. The molecular weight excluding hydrogens is 415 g/mol. The fourth-order valence-electron chi connectivity index (χ4n) is 3.95. The summed E-state index contributed by atoms with van der Waals surface area (Å²) in [6, 6.07) is 2.89. The lowest BCUT2D eigenvalue weighted by Gasteiger charge is -2.24. The number of carboxylic acids is 1. The van der Waals surface area contributed by atoms with Crippen LogP contribution in [0.4, 0.5) is 10.1 Å². The number of anilines is 1. The topological polar surface area (TPSA) is 110 Å². The molecule has 2 aliphatic rings. The van der Waals surface area contributed by atoms with Gasteiger partial charge in [-0.3, -0.25) is 4.79 Å². The van der Waals surface area contributed by atoms with E-state index >= 15 is 4.39 Å². The Hall–Kier alpha value is -2.65. The van der Waals surface area contributed by atoms with E-state index in [4.69, 9.17) is 10.6 Å². The average molecular weight is 439 g/mol. The minimum absolute atomic E-state index is 0. The van der Waals surface area contributed by atoms with Gasteiger partial charge in [-0.25, -0.2) is 9.18 Å². The lowest BCUT2D eigenvalue weighted by molar-refractivity contribution is 0.0695. The molecule has 2 heterocycles. The number of nitrogens with zero attached hydrogens (tertiary/aromatic N) is 3. The molecule has 1 aliphatic heterocycles. The molecule has 30 heavy (non-hydrogen) atoms. The van der Waals surface area contributed by atoms with Crippen LogP contribution in [0.15, 0.2) is 28.3 Å². The van der Waals surface area contributed by atoms with Gasteiger partial charge in [0.2, 0.25) is 5.43 Å². The predicted octanol–water partition coefficient (Wildman–Crippen LogP) is 2.38. The maximum atomic E-state index is 15.1. The number of benzene rings is 1. The predicted molar refractivity (Wildman–Crippen MR) is 114 cm³/mol. The van der Waals surface area contributed by atoms with Gasteiger partial charge in [0.1, 0.15) is 18.5 Å². The van der Waals surface area contributed by atoms with Crippen molar-refractivity contribution in [1.29, 1.82) is 0 Å². The second-order valence-corrected chi connectivity index (χ2v) is 7.98. The molecular formula is C20H24ClFN4O4. The lowest BCUT2D eigenvalue weighted by Crippen LogP contribution is -2.35. The van der Waals surface area contributed by atoms with E-state index in [2.05, 4.69) is 5.16 Å². The number of aromatic nitrogens is 1. The standard InChI is InChI=1S/C20H23FN4O4.ClH/c1-20(9-22)10-24(8-17(20)23-29-2)16-6-15-12(5-14(16)21)18(26)13(19(27)28)7-25(15)11-3-4-11;/h5-7,11H,3-4,8-10,22H2,1-2H3,(H,27,28);1H/b23-17+;. The summed E-state index contributed by atoms with van der Waals surface area (Å²) in [5.74, 6) is -1.90. The first kappa shape index (κ1) is 22.0. The van der Waals surface area contributed by atoms with Crippen LogP contribution in [0.2, 0.25) is 0 Å². The Morgan fingerprint density at radius 2 is 2.13 bits per heavy atom. The lowest BCUT2D eigenvalue weighted by atomic mass is 9.88. The molecule has 4 rings (SSSR count). The molecule has 1 aliphatic carbocycles. The highest BCUT2D eigenvalue weighted by molar-refractivity contribution is 5.98. The summed E-state index contributed by atoms with van der Waals surface area (Å²) in [7, 11) is 1.46. The van der Waals surface area contributed by atoms with Crippen LogP contribution in [0, 0.1) is 11.2 Å². The van der Waals surface area contributed by atoms with Crippen molar-refractivity contribution in [2.75, 3.05) is 31.6 Å². The number of carboxylic acid groups (broad SMARTS) is 1. The maximum absolute atomic E-state index is 15.1. The smallest absolute Gasteiger partial charge is 0.341 e. The molecule has 1 unspecified atom stereocenters. The van der Waals surface area contributed by atoms with Gasteiger partial charge in [0.25, 0.3) is 0 Å². The van der Waals surface area contributed by atoms with Crippen LogP contribution < -0.4 is 16.1 Å². The van der Waals surface area contributed by atoms with Gasteiger partial charge in [0, 0.05) is 36.1 Å². The van der Waals surface area contributed by atoms with E-state index in [0.29, 0.717) is 30.8 Å². The Morgan fingerprint density at radius 1 is 1.43 bits per heavy atom. The summed E-state index contributed by atoms with van der Waals surface area (Å²) in [5.41, 5.74) is 6.05. The molecule has 1 atom stereocenters. The second kappa shape index (κ2) is 7.88. The van der Waals surface area contributed by atoms with Crippen LogP contribution in [0.3, 0.4) is 0 Å². The van der Waals surface area contributed by atoms with Gasteiger partial charge in [0.15, 0.2) is 0 Å². The summed E-state index contributed by atoms with van der Waals surface area (Å²) >= 11 is 0. The first-order chi connectivity index (χ1) is 13.8. The number of nitrogens with two attached hydrogens (primary N) is 1. The van der Waals surface area contributed by atoms with Crippen molar-refractivity contribution in [3.8, 4) is 0 Å². The fraction of sp³-hybridized carbons (Fsp3) is 0.450. The molecule has 1 saturated heterocycles. The molecule has 10 heteroatoms. The van der Waals surface area contributed by atoms with Crippen molar-refractivity contribution in [3.63, 3.8) is 0 Å². The average Bonchev–Trinajstić information content (AvgIpc) is 3.47. The van der Waals surface area contributed by atoms with Crippen molar-refractivity contribution < 1.29 is 19.1 Å². The Labute approximate surface area is 178 Å². The number of hydrogen-bond donors (Lipinski definition) is 2. The van der Waals surface area contributed by atoms with Gasteiger partial charge < -0.3 is 25.1 Å². The van der Waals surface area contributed by atoms with Gasteiger partial charge in [-0.15, -0.1) is 12.4 Å². The third-order valence-corrected chi connectivity index (χ3v) is 5.84. The Balaban J connectivity index is 0.00000256. The zero-order valence-corrected chi connectivity index (χ0v) is 17.5. The minimum Gasteiger partial charge on any atom is -0.477 e. The summed E-state index contributed by atoms with van der Waals surface area (Å²) < 4.78 is 16.8. The van der Waals surface area contributed by atoms with Crippen LogP contribution in [-0.2, 0) is 4.84 Å². The summed E-state index contributed by atoms with van der Waals surface area (Å²) in [5, 5.41) is 13.5. The third kappa shape index (κ3) is 3.52.